The van der Waals surface area contributed by atoms with Crippen LogP contribution in [0.5, 0.6) is 0 Å². The van der Waals surface area contributed by atoms with Crippen molar-refractivity contribution in [1.29, 1.82) is 0 Å². The summed E-state index contributed by atoms with van der Waals surface area (Å²) in [5.74, 6) is 0.0862. The summed E-state index contributed by atoms with van der Waals surface area (Å²) in [6, 6.07) is 18.1. The number of aryl methyl sites for hydroxylation is 2. The van der Waals surface area contributed by atoms with Crippen LogP contribution >= 0.6 is 11.9 Å². The molecule has 1 saturated heterocycles. The quantitative estimate of drug-likeness (QED) is 0.399. The molecule has 0 aliphatic carbocycles. The summed E-state index contributed by atoms with van der Waals surface area (Å²) in [6.45, 7) is 7.16. The maximum Gasteiger partial charge on any atom is 0.253 e. The van der Waals surface area contributed by atoms with Crippen LogP contribution in [0, 0.1) is 13.8 Å². The average Bonchev–Trinajstić information content (AvgIpc) is 2.88. The SMILES string of the molecule is Cc1cc(C(=O)N2CCN(c3cnccc3C)CC2)ccc1NSc1cccc2cccnc12. The third-order valence-electron chi connectivity index (χ3n) is 6.26. The van der Waals surface area contributed by atoms with Gasteiger partial charge < -0.3 is 14.5 Å². The zero-order chi connectivity index (χ0) is 23.5. The molecule has 1 N–H and O–H groups in total. The number of nitrogens with one attached hydrogen (secondary N) is 1. The summed E-state index contributed by atoms with van der Waals surface area (Å²) < 4.78 is 3.44. The van der Waals surface area contributed by atoms with Crippen molar-refractivity contribution >= 4 is 40.1 Å². The van der Waals surface area contributed by atoms with Crippen LogP contribution in [0.3, 0.4) is 0 Å². The molecule has 2 aromatic heterocycles. The number of fused-ring (bicyclic) bond motifs is 1. The van der Waals surface area contributed by atoms with Crippen LogP contribution < -0.4 is 9.62 Å². The van der Waals surface area contributed by atoms with Gasteiger partial charge in [-0.05, 0) is 73.3 Å². The lowest BCUT2D eigenvalue weighted by molar-refractivity contribution is 0.0746. The Labute approximate surface area is 204 Å². The van der Waals surface area contributed by atoms with Gasteiger partial charge in [0.25, 0.3) is 5.91 Å². The molecule has 4 aromatic rings. The largest absolute Gasteiger partial charge is 0.367 e. The van der Waals surface area contributed by atoms with E-state index in [1.165, 1.54) is 5.56 Å². The molecule has 0 spiro atoms. The van der Waals surface area contributed by atoms with Crippen molar-refractivity contribution < 1.29 is 4.79 Å². The summed E-state index contributed by atoms with van der Waals surface area (Å²) in [5.41, 5.74) is 6.10. The standard InChI is InChI=1S/C27H27N5OS/c1-19-10-12-28-18-24(19)31-13-15-32(16-14-31)27(33)22-8-9-23(20(2)17-22)30-34-25-7-3-5-21-6-4-11-29-26(21)25/h3-12,17-18,30H,13-16H2,1-2H3. The fraction of sp³-hybridized carbons (Fsp3) is 0.222. The molecule has 2 aromatic carbocycles. The molecule has 34 heavy (non-hydrogen) atoms. The summed E-state index contributed by atoms with van der Waals surface area (Å²) in [6.07, 6.45) is 5.54. The number of rotatable bonds is 5. The van der Waals surface area contributed by atoms with Gasteiger partial charge in [0.1, 0.15) is 0 Å². The van der Waals surface area contributed by atoms with Crippen LogP contribution in [0.25, 0.3) is 10.9 Å². The summed E-state index contributed by atoms with van der Waals surface area (Å²) >= 11 is 1.54. The van der Waals surface area contributed by atoms with Gasteiger partial charge in [-0.1, -0.05) is 18.2 Å². The topological polar surface area (TPSA) is 61.4 Å². The van der Waals surface area contributed by atoms with E-state index in [1.54, 1.807) is 11.9 Å². The van der Waals surface area contributed by atoms with Crippen molar-refractivity contribution in [3.63, 3.8) is 0 Å². The molecule has 172 valence electrons. The number of carbonyl (C=O) groups is 1. The number of aromatic nitrogens is 2. The van der Waals surface area contributed by atoms with E-state index in [0.29, 0.717) is 13.1 Å². The Balaban J connectivity index is 1.23. The molecule has 0 radical (unpaired) electrons. The molecule has 1 aliphatic heterocycles. The van der Waals surface area contributed by atoms with E-state index in [2.05, 4.69) is 44.7 Å². The Morgan fingerprint density at radius 2 is 1.76 bits per heavy atom. The van der Waals surface area contributed by atoms with Crippen LogP contribution in [0.15, 0.2) is 78.1 Å². The minimum atomic E-state index is 0.0862. The zero-order valence-electron chi connectivity index (χ0n) is 19.4. The molecule has 0 saturated carbocycles. The van der Waals surface area contributed by atoms with Gasteiger partial charge in [0.05, 0.1) is 22.3 Å². The van der Waals surface area contributed by atoms with Crippen molar-refractivity contribution in [2.24, 2.45) is 0 Å². The summed E-state index contributed by atoms with van der Waals surface area (Å²) in [4.78, 5) is 27.3. The van der Waals surface area contributed by atoms with E-state index in [1.807, 2.05) is 66.8 Å². The highest BCUT2D eigenvalue weighted by Gasteiger charge is 2.23. The van der Waals surface area contributed by atoms with Crippen molar-refractivity contribution in [2.75, 3.05) is 35.8 Å². The maximum atomic E-state index is 13.2. The van der Waals surface area contributed by atoms with Gasteiger partial charge in [0, 0.05) is 55.2 Å². The Morgan fingerprint density at radius 3 is 2.56 bits per heavy atom. The minimum absolute atomic E-state index is 0.0862. The molecule has 5 rings (SSSR count). The van der Waals surface area contributed by atoms with Crippen molar-refractivity contribution in [3.8, 4) is 0 Å². The van der Waals surface area contributed by atoms with Crippen molar-refractivity contribution in [2.45, 2.75) is 18.7 Å². The molecule has 1 amide bonds. The number of benzene rings is 2. The molecule has 3 heterocycles. The van der Waals surface area contributed by atoms with Crippen molar-refractivity contribution in [1.82, 2.24) is 14.9 Å². The third kappa shape index (κ3) is 4.56. The van der Waals surface area contributed by atoms with Gasteiger partial charge in [-0.2, -0.15) is 0 Å². The summed E-state index contributed by atoms with van der Waals surface area (Å²) in [7, 11) is 0. The van der Waals surface area contributed by atoms with Gasteiger partial charge >= 0.3 is 0 Å². The number of anilines is 2. The number of amides is 1. The van der Waals surface area contributed by atoms with E-state index in [-0.39, 0.29) is 5.91 Å². The first-order valence-corrected chi connectivity index (χ1v) is 12.2. The van der Waals surface area contributed by atoms with Crippen LogP contribution in [0.4, 0.5) is 11.4 Å². The van der Waals surface area contributed by atoms with E-state index >= 15 is 0 Å². The molecule has 6 nitrogen and oxygen atoms in total. The van der Waals surface area contributed by atoms with Crippen LogP contribution in [-0.4, -0.2) is 47.0 Å². The van der Waals surface area contributed by atoms with E-state index in [0.717, 1.165) is 51.4 Å². The molecule has 0 atom stereocenters. The van der Waals surface area contributed by atoms with Crippen LogP contribution in [0.1, 0.15) is 21.5 Å². The van der Waals surface area contributed by atoms with Crippen LogP contribution in [0.2, 0.25) is 0 Å². The first kappa shape index (κ1) is 22.2. The second-order valence-corrected chi connectivity index (χ2v) is 9.35. The van der Waals surface area contributed by atoms with Gasteiger partial charge in [-0.25, -0.2) is 0 Å². The Morgan fingerprint density at radius 1 is 0.941 bits per heavy atom. The highest BCUT2D eigenvalue weighted by atomic mass is 32.2. The number of nitrogens with zero attached hydrogens (tertiary/aromatic N) is 4. The van der Waals surface area contributed by atoms with Crippen LogP contribution in [-0.2, 0) is 0 Å². The lowest BCUT2D eigenvalue weighted by Crippen LogP contribution is -2.49. The predicted octanol–water partition coefficient (Wildman–Crippen LogP) is 5.33. The Bertz CT molecular complexity index is 1330. The molecule has 1 fully saturated rings. The average molecular weight is 470 g/mol. The van der Waals surface area contributed by atoms with Crippen molar-refractivity contribution in [3.05, 3.63) is 89.9 Å². The third-order valence-corrected chi connectivity index (χ3v) is 7.13. The smallest absolute Gasteiger partial charge is 0.253 e. The van der Waals surface area contributed by atoms with E-state index in [4.69, 9.17) is 0 Å². The molecular formula is C27H27N5OS. The zero-order valence-corrected chi connectivity index (χ0v) is 20.2. The molecule has 0 unspecified atom stereocenters. The number of carbonyl (C=O) groups excluding carboxylic acids is 1. The minimum Gasteiger partial charge on any atom is -0.367 e. The maximum absolute atomic E-state index is 13.2. The first-order chi connectivity index (χ1) is 16.6. The predicted molar refractivity (Wildman–Crippen MR) is 139 cm³/mol. The Kier molecular flexibility index (Phi) is 6.36. The lowest BCUT2D eigenvalue weighted by Gasteiger charge is -2.36. The normalized spacial score (nSPS) is 13.8. The van der Waals surface area contributed by atoms with E-state index in [9.17, 15) is 4.79 Å². The van der Waals surface area contributed by atoms with E-state index < -0.39 is 0 Å². The lowest BCUT2D eigenvalue weighted by atomic mass is 10.1. The second kappa shape index (κ2) is 9.73. The molecule has 7 heteroatoms. The fourth-order valence-electron chi connectivity index (χ4n) is 4.30. The first-order valence-electron chi connectivity index (χ1n) is 11.4. The monoisotopic (exact) mass is 469 g/mol. The fourth-order valence-corrected chi connectivity index (χ4v) is 5.16. The number of pyridine rings is 2. The van der Waals surface area contributed by atoms with Gasteiger partial charge in [-0.3, -0.25) is 14.8 Å². The Hall–Kier alpha value is -3.58. The number of para-hydroxylation sites is 1. The number of hydrogen-bond acceptors (Lipinski definition) is 6. The molecule has 1 aliphatic rings. The molecular weight excluding hydrogens is 442 g/mol. The second-order valence-electron chi connectivity index (χ2n) is 8.51. The van der Waals surface area contributed by atoms with Gasteiger partial charge in [0.15, 0.2) is 0 Å². The highest BCUT2D eigenvalue weighted by Crippen LogP contribution is 2.29. The van der Waals surface area contributed by atoms with Gasteiger partial charge in [0.2, 0.25) is 0 Å². The number of piperazine rings is 1. The number of hydrogen-bond donors (Lipinski definition) is 1. The molecule has 0 bridgehead atoms. The highest BCUT2D eigenvalue weighted by molar-refractivity contribution is 8.00. The van der Waals surface area contributed by atoms with Gasteiger partial charge in [-0.15, -0.1) is 0 Å². The summed E-state index contributed by atoms with van der Waals surface area (Å²) in [5, 5.41) is 1.12.